The fourth-order valence-electron chi connectivity index (χ4n) is 5.46. The molecular formula is C25H30N4O4. The Hall–Kier alpha value is -3.00. The van der Waals surface area contributed by atoms with Gasteiger partial charge in [-0.3, -0.25) is 14.5 Å². The lowest BCUT2D eigenvalue weighted by Gasteiger charge is -2.38. The van der Waals surface area contributed by atoms with Crippen molar-refractivity contribution in [2.24, 2.45) is 5.41 Å². The third-order valence-corrected chi connectivity index (χ3v) is 7.73. The zero-order valence-corrected chi connectivity index (χ0v) is 19.3. The first-order valence-electron chi connectivity index (χ1n) is 11.8. The van der Waals surface area contributed by atoms with Crippen molar-refractivity contribution < 1.29 is 14.3 Å². The van der Waals surface area contributed by atoms with Gasteiger partial charge in [-0.05, 0) is 75.9 Å². The van der Waals surface area contributed by atoms with E-state index in [-0.39, 0.29) is 22.9 Å². The number of cyclic esters (lactones) is 1. The normalized spacial score (nSPS) is 19.9. The summed E-state index contributed by atoms with van der Waals surface area (Å²) in [6, 6.07) is 7.10. The number of anilines is 1. The quantitative estimate of drug-likeness (QED) is 0.650. The summed E-state index contributed by atoms with van der Waals surface area (Å²) in [6.07, 6.45) is 3.45. The van der Waals surface area contributed by atoms with Crippen LogP contribution in [-0.2, 0) is 29.1 Å². The number of carbonyl (C=O) groups is 2. The maximum absolute atomic E-state index is 13.4. The summed E-state index contributed by atoms with van der Waals surface area (Å²) in [4.78, 5) is 41.2. The fraction of sp³-hybridized carbons (Fsp3) is 0.520. The summed E-state index contributed by atoms with van der Waals surface area (Å²) in [5.41, 5.74) is 3.68. The molecule has 0 aliphatic carbocycles. The van der Waals surface area contributed by atoms with Crippen LogP contribution >= 0.6 is 0 Å². The monoisotopic (exact) mass is 450 g/mol. The number of likely N-dealkylation sites (tertiary alicyclic amines) is 1. The van der Waals surface area contributed by atoms with E-state index in [0.717, 1.165) is 56.4 Å². The molecule has 0 N–H and O–H groups in total. The summed E-state index contributed by atoms with van der Waals surface area (Å²) < 4.78 is 6.57. The Bertz CT molecular complexity index is 1160. The first-order chi connectivity index (χ1) is 15.9. The summed E-state index contributed by atoms with van der Waals surface area (Å²) in [5.74, 6) is 0.505. The minimum absolute atomic E-state index is 0.145. The second kappa shape index (κ2) is 8.41. The van der Waals surface area contributed by atoms with E-state index in [1.807, 2.05) is 19.1 Å². The number of benzene rings is 1. The number of piperidine rings is 1. The number of carbonyl (C=O) groups excluding carboxylic acids is 2. The van der Waals surface area contributed by atoms with E-state index >= 15 is 0 Å². The van der Waals surface area contributed by atoms with Gasteiger partial charge in [-0.1, -0.05) is 6.07 Å². The summed E-state index contributed by atoms with van der Waals surface area (Å²) in [7, 11) is 0. The molecule has 3 aliphatic rings. The molecule has 8 nitrogen and oxygen atoms in total. The van der Waals surface area contributed by atoms with Crippen LogP contribution in [0.2, 0.25) is 0 Å². The molecule has 1 spiro atoms. The second-order valence-electron chi connectivity index (χ2n) is 9.38. The first-order valence-corrected chi connectivity index (χ1v) is 11.8. The number of aromatic nitrogens is 2. The minimum atomic E-state index is -0.313. The number of aryl methyl sites for hydroxylation is 1. The van der Waals surface area contributed by atoms with E-state index in [0.29, 0.717) is 31.1 Å². The Morgan fingerprint density at radius 1 is 1.03 bits per heavy atom. The highest BCUT2D eigenvalue weighted by atomic mass is 16.5. The van der Waals surface area contributed by atoms with E-state index in [2.05, 4.69) is 16.9 Å². The minimum Gasteiger partial charge on any atom is -0.457 e. The van der Waals surface area contributed by atoms with Crippen LogP contribution in [-0.4, -0.2) is 52.7 Å². The molecule has 174 valence electrons. The molecule has 4 heterocycles. The van der Waals surface area contributed by atoms with Gasteiger partial charge in [0.2, 0.25) is 5.91 Å². The van der Waals surface area contributed by atoms with E-state index < -0.39 is 0 Å². The molecule has 0 bridgehead atoms. The molecular weight excluding hydrogens is 420 g/mol. The third kappa shape index (κ3) is 3.76. The van der Waals surface area contributed by atoms with E-state index in [9.17, 15) is 14.4 Å². The number of hydrogen-bond donors (Lipinski definition) is 0. The van der Waals surface area contributed by atoms with Gasteiger partial charge in [-0.25, -0.2) is 9.48 Å². The molecule has 1 amide bonds. The Kier molecular flexibility index (Phi) is 5.56. The highest BCUT2D eigenvalue weighted by molar-refractivity contribution is 5.99. The molecule has 2 fully saturated rings. The van der Waals surface area contributed by atoms with Crippen LogP contribution in [0.25, 0.3) is 0 Å². The Balaban J connectivity index is 1.20. The number of fused-ring (bicyclic) bond motifs is 1. The molecule has 1 aromatic carbocycles. The second-order valence-corrected chi connectivity index (χ2v) is 9.38. The smallest absolute Gasteiger partial charge is 0.338 e. The summed E-state index contributed by atoms with van der Waals surface area (Å²) in [5, 5.41) is 4.39. The summed E-state index contributed by atoms with van der Waals surface area (Å²) >= 11 is 0. The molecule has 0 atom stereocenters. The average Bonchev–Trinajstić information content (AvgIpc) is 3.36. The lowest BCUT2D eigenvalue weighted by Crippen LogP contribution is -2.45. The Labute approximate surface area is 193 Å². The van der Waals surface area contributed by atoms with Crippen molar-refractivity contribution in [1.29, 1.82) is 0 Å². The van der Waals surface area contributed by atoms with Crippen molar-refractivity contribution in [2.75, 3.05) is 31.1 Å². The number of nitrogens with zero attached hydrogens (tertiary/aromatic N) is 4. The molecule has 0 radical (unpaired) electrons. The van der Waals surface area contributed by atoms with Crippen molar-refractivity contribution in [3.05, 3.63) is 56.9 Å². The van der Waals surface area contributed by atoms with Crippen molar-refractivity contribution in [3.63, 3.8) is 0 Å². The molecule has 2 aromatic rings. The molecule has 33 heavy (non-hydrogen) atoms. The maximum atomic E-state index is 13.4. The van der Waals surface area contributed by atoms with Crippen molar-refractivity contribution >= 4 is 17.7 Å². The van der Waals surface area contributed by atoms with Crippen molar-refractivity contribution in [1.82, 2.24) is 14.7 Å². The number of esters is 1. The lowest BCUT2D eigenvalue weighted by atomic mass is 9.77. The van der Waals surface area contributed by atoms with E-state index in [1.54, 1.807) is 11.0 Å². The van der Waals surface area contributed by atoms with Gasteiger partial charge >= 0.3 is 5.97 Å². The van der Waals surface area contributed by atoms with Gasteiger partial charge in [-0.15, -0.1) is 0 Å². The Morgan fingerprint density at radius 2 is 1.79 bits per heavy atom. The first kappa shape index (κ1) is 21.8. The number of rotatable bonds is 5. The highest BCUT2D eigenvalue weighted by Gasteiger charge is 2.48. The van der Waals surface area contributed by atoms with E-state index in [1.165, 1.54) is 16.3 Å². The summed E-state index contributed by atoms with van der Waals surface area (Å²) in [6.45, 7) is 8.20. The predicted molar refractivity (Wildman–Crippen MR) is 123 cm³/mol. The highest BCUT2D eigenvalue weighted by Crippen LogP contribution is 2.42. The van der Waals surface area contributed by atoms with Gasteiger partial charge in [0, 0.05) is 31.3 Å². The lowest BCUT2D eigenvalue weighted by molar-refractivity contribution is -0.128. The van der Waals surface area contributed by atoms with Crippen LogP contribution in [0.15, 0.2) is 29.1 Å². The zero-order chi connectivity index (χ0) is 23.2. The van der Waals surface area contributed by atoms with Gasteiger partial charge in [0.15, 0.2) is 5.82 Å². The molecule has 3 aliphatic heterocycles. The van der Waals surface area contributed by atoms with Gasteiger partial charge < -0.3 is 9.64 Å². The number of amides is 1. The standard InChI is InChI=1S/C25H30N4O4/c1-3-29-22(30)7-6-21(26-29)28-15-11-25(24(28)32)9-13-27(14-10-25)12-8-18-4-5-19-20(17(18)2)16-33-23(19)31/h4-7H,3,8-16H2,1-2H3. The largest absolute Gasteiger partial charge is 0.457 e. The Morgan fingerprint density at radius 3 is 2.55 bits per heavy atom. The molecule has 0 saturated carbocycles. The maximum Gasteiger partial charge on any atom is 0.338 e. The SMILES string of the molecule is CCn1nc(N2CCC3(CCN(CCc4ccc5c(c4C)COC5=O)CC3)C2=O)ccc1=O. The zero-order valence-electron chi connectivity index (χ0n) is 19.3. The molecule has 0 unspecified atom stereocenters. The van der Waals surface area contributed by atoms with Crippen molar-refractivity contribution in [3.8, 4) is 0 Å². The van der Waals surface area contributed by atoms with Crippen LogP contribution in [0.5, 0.6) is 0 Å². The fourth-order valence-corrected chi connectivity index (χ4v) is 5.46. The molecule has 1 aromatic heterocycles. The van der Waals surface area contributed by atoms with Crippen LogP contribution in [0.1, 0.15) is 53.2 Å². The predicted octanol–water partition coefficient (Wildman–Crippen LogP) is 2.30. The third-order valence-electron chi connectivity index (χ3n) is 7.73. The van der Waals surface area contributed by atoms with Crippen molar-refractivity contribution in [2.45, 2.75) is 52.7 Å². The average molecular weight is 451 g/mol. The van der Waals surface area contributed by atoms with Crippen LogP contribution in [0.4, 0.5) is 5.82 Å². The van der Waals surface area contributed by atoms with Gasteiger partial charge in [0.25, 0.3) is 5.56 Å². The molecule has 5 rings (SSSR count). The molecule has 8 heteroatoms. The van der Waals surface area contributed by atoms with Crippen LogP contribution in [0.3, 0.4) is 0 Å². The van der Waals surface area contributed by atoms with Crippen LogP contribution in [0, 0.1) is 12.3 Å². The number of ether oxygens (including phenoxy) is 1. The van der Waals surface area contributed by atoms with Gasteiger partial charge in [-0.2, -0.15) is 5.10 Å². The van der Waals surface area contributed by atoms with Gasteiger partial charge in [0.05, 0.1) is 11.0 Å². The number of hydrogen-bond acceptors (Lipinski definition) is 6. The van der Waals surface area contributed by atoms with Gasteiger partial charge in [0.1, 0.15) is 6.61 Å². The van der Waals surface area contributed by atoms with E-state index in [4.69, 9.17) is 4.74 Å². The molecule has 2 saturated heterocycles. The topological polar surface area (TPSA) is 84.7 Å². The van der Waals surface area contributed by atoms with Crippen LogP contribution < -0.4 is 10.5 Å².